The monoisotopic (exact) mass is 218 g/mol. The van der Waals surface area contributed by atoms with E-state index in [0.29, 0.717) is 5.56 Å². The Bertz CT molecular complexity index is 431. The summed E-state index contributed by atoms with van der Waals surface area (Å²) in [5.74, 6) is -0.850. The third kappa shape index (κ3) is 3.28. The van der Waals surface area contributed by atoms with E-state index >= 15 is 0 Å². The second-order valence-corrected chi connectivity index (χ2v) is 3.33. The summed E-state index contributed by atoms with van der Waals surface area (Å²) in [6.45, 7) is 1.82. The number of aromatic hydroxyl groups is 1. The van der Waals surface area contributed by atoms with Gasteiger partial charge in [-0.15, -0.1) is 0 Å². The van der Waals surface area contributed by atoms with Crippen molar-refractivity contribution in [3.63, 3.8) is 0 Å². The van der Waals surface area contributed by atoms with Gasteiger partial charge in [0.2, 0.25) is 0 Å². The second kappa shape index (κ2) is 5.75. The molecule has 0 atom stereocenters. The number of carboxylic acids is 1. The zero-order chi connectivity index (χ0) is 12.0. The van der Waals surface area contributed by atoms with Crippen molar-refractivity contribution in [3.8, 4) is 5.75 Å². The number of phenolic OH excluding ortho intramolecular Hbond substituents is 1. The number of hydrogen-bond acceptors (Lipinski definition) is 2. The molecule has 1 aromatic rings. The molecule has 84 valence electrons. The molecule has 2 N–H and O–H groups in total. The minimum absolute atomic E-state index is 0.120. The lowest BCUT2D eigenvalue weighted by Gasteiger charge is -2.04. The van der Waals surface area contributed by atoms with Gasteiger partial charge in [0.25, 0.3) is 0 Å². The van der Waals surface area contributed by atoms with Crippen LogP contribution in [0.25, 0.3) is 0 Å². The van der Waals surface area contributed by atoms with E-state index in [4.69, 9.17) is 5.11 Å². The highest BCUT2D eigenvalue weighted by Crippen LogP contribution is 2.19. The predicted molar refractivity (Wildman–Crippen MR) is 62.3 cm³/mol. The Kier molecular flexibility index (Phi) is 4.33. The van der Waals surface area contributed by atoms with Gasteiger partial charge in [0.15, 0.2) is 0 Å². The molecule has 3 heteroatoms. The van der Waals surface area contributed by atoms with Gasteiger partial charge < -0.3 is 10.2 Å². The Labute approximate surface area is 94.4 Å². The number of rotatable bonds is 4. The van der Waals surface area contributed by atoms with Crippen molar-refractivity contribution in [1.82, 2.24) is 0 Å². The van der Waals surface area contributed by atoms with Crippen molar-refractivity contribution >= 4 is 5.97 Å². The molecule has 0 heterocycles. The highest BCUT2D eigenvalue weighted by molar-refractivity contribution is 5.87. The van der Waals surface area contributed by atoms with Crippen LogP contribution in [0.1, 0.15) is 12.5 Å². The van der Waals surface area contributed by atoms with Crippen LogP contribution in [0.5, 0.6) is 5.75 Å². The van der Waals surface area contributed by atoms with Gasteiger partial charge in [0, 0.05) is 12.0 Å². The fraction of sp³-hybridized carbons (Fsp3) is 0.154. The van der Waals surface area contributed by atoms with Crippen molar-refractivity contribution in [2.45, 2.75) is 13.3 Å². The topological polar surface area (TPSA) is 57.5 Å². The first-order chi connectivity index (χ1) is 7.65. The third-order valence-corrected chi connectivity index (χ3v) is 2.14. The minimum atomic E-state index is -0.971. The molecule has 16 heavy (non-hydrogen) atoms. The Morgan fingerprint density at radius 2 is 2.06 bits per heavy atom. The first-order valence-electron chi connectivity index (χ1n) is 4.97. The maximum Gasteiger partial charge on any atom is 0.331 e. The van der Waals surface area contributed by atoms with Gasteiger partial charge in [-0.3, -0.25) is 0 Å². The zero-order valence-electron chi connectivity index (χ0n) is 9.05. The SMILES string of the molecule is C/C=C/C=C(\Cc1ccccc1O)C(=O)O. The normalized spacial score (nSPS) is 11.9. The number of phenols is 1. The van der Waals surface area contributed by atoms with Gasteiger partial charge in [0.05, 0.1) is 0 Å². The van der Waals surface area contributed by atoms with Crippen LogP contribution in [0.4, 0.5) is 0 Å². The van der Waals surface area contributed by atoms with E-state index in [2.05, 4.69) is 0 Å². The van der Waals surface area contributed by atoms with Crippen molar-refractivity contribution in [1.29, 1.82) is 0 Å². The van der Waals surface area contributed by atoms with Crippen LogP contribution >= 0.6 is 0 Å². The first-order valence-corrected chi connectivity index (χ1v) is 4.97. The molecule has 0 amide bonds. The van der Waals surface area contributed by atoms with Crippen molar-refractivity contribution in [2.75, 3.05) is 0 Å². The van der Waals surface area contributed by atoms with Crippen LogP contribution in [0.15, 0.2) is 48.1 Å². The van der Waals surface area contributed by atoms with Crippen LogP contribution in [0, 0.1) is 0 Å². The molecule has 0 spiro atoms. The summed E-state index contributed by atoms with van der Waals surface area (Å²) in [4.78, 5) is 10.9. The van der Waals surface area contributed by atoms with Gasteiger partial charge in [-0.2, -0.15) is 0 Å². The number of para-hydroxylation sites is 1. The van der Waals surface area contributed by atoms with Crippen LogP contribution in [-0.4, -0.2) is 16.2 Å². The fourth-order valence-corrected chi connectivity index (χ4v) is 1.28. The summed E-state index contributed by atoms with van der Waals surface area (Å²) in [6.07, 6.45) is 5.18. The molecule has 1 rings (SSSR count). The maximum atomic E-state index is 10.9. The number of carboxylic acid groups (broad SMARTS) is 1. The molecule has 0 unspecified atom stereocenters. The van der Waals surface area contributed by atoms with Crippen LogP contribution in [-0.2, 0) is 11.2 Å². The van der Waals surface area contributed by atoms with Crippen LogP contribution in [0.3, 0.4) is 0 Å². The van der Waals surface area contributed by atoms with Crippen molar-refractivity contribution in [2.24, 2.45) is 0 Å². The lowest BCUT2D eigenvalue weighted by atomic mass is 10.0. The van der Waals surface area contributed by atoms with E-state index < -0.39 is 5.97 Å². The van der Waals surface area contributed by atoms with E-state index in [1.165, 1.54) is 6.08 Å². The molecule has 0 aromatic heterocycles. The molecule has 0 saturated heterocycles. The smallest absolute Gasteiger partial charge is 0.331 e. The number of aliphatic carboxylic acids is 1. The summed E-state index contributed by atoms with van der Waals surface area (Å²) in [7, 11) is 0. The molecular formula is C13H14O3. The summed E-state index contributed by atoms with van der Waals surface area (Å²) < 4.78 is 0. The number of allylic oxidation sites excluding steroid dienone is 3. The average molecular weight is 218 g/mol. The molecule has 3 nitrogen and oxygen atoms in total. The molecule has 0 radical (unpaired) electrons. The Morgan fingerprint density at radius 1 is 1.38 bits per heavy atom. The van der Waals surface area contributed by atoms with E-state index in [1.807, 2.05) is 6.92 Å². The number of hydrogen-bond donors (Lipinski definition) is 2. The zero-order valence-corrected chi connectivity index (χ0v) is 9.05. The fourth-order valence-electron chi connectivity index (χ4n) is 1.28. The molecule has 0 bridgehead atoms. The summed E-state index contributed by atoms with van der Waals surface area (Å²) in [6, 6.07) is 6.73. The summed E-state index contributed by atoms with van der Waals surface area (Å²) in [5.41, 5.74) is 0.861. The lowest BCUT2D eigenvalue weighted by molar-refractivity contribution is -0.132. The van der Waals surface area contributed by atoms with Gasteiger partial charge in [-0.25, -0.2) is 4.79 Å². The van der Waals surface area contributed by atoms with E-state index in [1.54, 1.807) is 36.4 Å². The average Bonchev–Trinajstić information content (AvgIpc) is 2.26. The van der Waals surface area contributed by atoms with Gasteiger partial charge in [-0.05, 0) is 18.6 Å². The van der Waals surface area contributed by atoms with Crippen molar-refractivity contribution in [3.05, 3.63) is 53.6 Å². The second-order valence-electron chi connectivity index (χ2n) is 3.33. The molecule has 0 saturated carbocycles. The van der Waals surface area contributed by atoms with Gasteiger partial charge in [-0.1, -0.05) is 36.4 Å². The predicted octanol–water partition coefficient (Wildman–Crippen LogP) is 2.52. The highest BCUT2D eigenvalue weighted by atomic mass is 16.4. The molecule has 1 aromatic carbocycles. The molecular weight excluding hydrogens is 204 g/mol. The lowest BCUT2D eigenvalue weighted by Crippen LogP contribution is -2.03. The molecule has 0 aliphatic heterocycles. The van der Waals surface area contributed by atoms with Crippen LogP contribution in [0.2, 0.25) is 0 Å². The quantitative estimate of drug-likeness (QED) is 0.603. The highest BCUT2D eigenvalue weighted by Gasteiger charge is 2.09. The van der Waals surface area contributed by atoms with E-state index in [9.17, 15) is 9.90 Å². The summed E-state index contributed by atoms with van der Waals surface area (Å²) >= 11 is 0. The van der Waals surface area contributed by atoms with Crippen LogP contribution < -0.4 is 0 Å². The van der Waals surface area contributed by atoms with Gasteiger partial charge >= 0.3 is 5.97 Å². The number of carbonyl (C=O) groups is 1. The van der Waals surface area contributed by atoms with E-state index in [-0.39, 0.29) is 17.7 Å². The van der Waals surface area contributed by atoms with Gasteiger partial charge in [0.1, 0.15) is 5.75 Å². The van der Waals surface area contributed by atoms with E-state index in [0.717, 1.165) is 0 Å². The van der Waals surface area contributed by atoms with Crippen molar-refractivity contribution < 1.29 is 15.0 Å². The Morgan fingerprint density at radius 3 is 2.62 bits per heavy atom. The Hall–Kier alpha value is -2.03. The third-order valence-electron chi connectivity index (χ3n) is 2.14. The molecule has 0 aliphatic rings. The maximum absolute atomic E-state index is 10.9. The summed E-state index contributed by atoms with van der Waals surface area (Å²) in [5, 5.41) is 18.5. The standard InChI is InChI=1S/C13H14O3/c1-2-3-6-11(13(15)16)9-10-7-4-5-8-12(10)14/h2-8,14H,9H2,1H3,(H,15,16)/b3-2+,11-6+. The number of benzene rings is 1. The molecule has 0 fully saturated rings. The first kappa shape index (κ1) is 12.0. The molecule has 0 aliphatic carbocycles. The largest absolute Gasteiger partial charge is 0.508 e. The minimum Gasteiger partial charge on any atom is -0.508 e. The Balaban J connectivity index is 2.93.